The summed E-state index contributed by atoms with van der Waals surface area (Å²) in [5.74, 6) is -0.921. The van der Waals surface area contributed by atoms with Crippen molar-refractivity contribution in [2.45, 2.75) is 26.7 Å². The Labute approximate surface area is 72.2 Å². The van der Waals surface area contributed by atoms with E-state index in [9.17, 15) is 9.59 Å². The van der Waals surface area contributed by atoms with E-state index in [1.165, 1.54) is 6.92 Å². The molecule has 0 aliphatic heterocycles. The second-order valence-electron chi connectivity index (χ2n) is 2.65. The van der Waals surface area contributed by atoms with Crippen molar-refractivity contribution in [3.8, 4) is 0 Å². The molecule has 0 saturated heterocycles. The van der Waals surface area contributed by atoms with Crippen LogP contribution in [0.15, 0.2) is 0 Å². The van der Waals surface area contributed by atoms with Crippen LogP contribution in [0, 0.1) is 0 Å². The third-order valence-electron chi connectivity index (χ3n) is 1.53. The average molecular weight is 173 g/mol. The first-order chi connectivity index (χ1) is 5.57. The highest BCUT2D eigenvalue weighted by Gasteiger charge is 2.08. The quantitative estimate of drug-likeness (QED) is 0.666. The van der Waals surface area contributed by atoms with Crippen molar-refractivity contribution in [3.05, 3.63) is 0 Å². The molecule has 0 unspecified atom stereocenters. The minimum Gasteiger partial charge on any atom is -0.481 e. The van der Waals surface area contributed by atoms with Gasteiger partial charge in [0, 0.05) is 20.0 Å². The number of hydrogen-bond donors (Lipinski definition) is 1. The molecule has 0 aliphatic carbocycles. The van der Waals surface area contributed by atoms with Gasteiger partial charge in [0.15, 0.2) is 0 Å². The van der Waals surface area contributed by atoms with Gasteiger partial charge in [-0.1, -0.05) is 6.92 Å². The first-order valence-corrected chi connectivity index (χ1v) is 4.05. The topological polar surface area (TPSA) is 57.6 Å². The average Bonchev–Trinajstić information content (AvgIpc) is 1.96. The summed E-state index contributed by atoms with van der Waals surface area (Å²) in [6, 6.07) is 0. The summed E-state index contributed by atoms with van der Waals surface area (Å²) in [5.41, 5.74) is 0. The summed E-state index contributed by atoms with van der Waals surface area (Å²) in [7, 11) is 0. The Hall–Kier alpha value is -1.06. The van der Waals surface area contributed by atoms with Gasteiger partial charge in [0.1, 0.15) is 0 Å². The molecule has 0 rings (SSSR count). The molecule has 0 spiro atoms. The van der Waals surface area contributed by atoms with E-state index in [0.29, 0.717) is 13.1 Å². The maximum Gasteiger partial charge on any atom is 0.305 e. The lowest BCUT2D eigenvalue weighted by molar-refractivity contribution is -0.138. The molecule has 0 aliphatic rings. The molecule has 4 nitrogen and oxygen atoms in total. The van der Waals surface area contributed by atoms with E-state index in [0.717, 1.165) is 6.42 Å². The number of nitrogens with zero attached hydrogens (tertiary/aromatic N) is 1. The summed E-state index contributed by atoms with van der Waals surface area (Å²) in [5, 5.41) is 8.37. The van der Waals surface area contributed by atoms with E-state index in [1.54, 1.807) is 4.90 Å². The number of amides is 1. The predicted octanol–water partition coefficient (Wildman–Crippen LogP) is 0.720. The summed E-state index contributed by atoms with van der Waals surface area (Å²) in [4.78, 5) is 22.6. The van der Waals surface area contributed by atoms with E-state index in [2.05, 4.69) is 0 Å². The van der Waals surface area contributed by atoms with Crippen LogP contribution in [0.1, 0.15) is 26.7 Å². The lowest BCUT2D eigenvalue weighted by atomic mass is 10.3. The molecule has 4 heteroatoms. The van der Waals surface area contributed by atoms with Gasteiger partial charge < -0.3 is 10.0 Å². The number of carbonyl (C=O) groups excluding carboxylic acids is 1. The van der Waals surface area contributed by atoms with Crippen LogP contribution in [0.5, 0.6) is 0 Å². The Balaban J connectivity index is 3.79. The molecule has 1 amide bonds. The molecule has 0 aromatic rings. The van der Waals surface area contributed by atoms with E-state index in [1.807, 2.05) is 6.92 Å². The third-order valence-corrected chi connectivity index (χ3v) is 1.53. The molecule has 0 atom stereocenters. The Morgan fingerprint density at radius 3 is 2.25 bits per heavy atom. The van der Waals surface area contributed by atoms with Crippen molar-refractivity contribution in [1.82, 2.24) is 4.90 Å². The number of aliphatic carboxylic acids is 1. The zero-order valence-corrected chi connectivity index (χ0v) is 7.54. The Morgan fingerprint density at radius 2 is 1.92 bits per heavy atom. The number of carboxylic acids is 1. The van der Waals surface area contributed by atoms with E-state index >= 15 is 0 Å². The third kappa shape index (κ3) is 4.71. The minimum absolute atomic E-state index is 0.0274. The van der Waals surface area contributed by atoms with Crippen LogP contribution in [0.25, 0.3) is 0 Å². The highest BCUT2D eigenvalue weighted by atomic mass is 16.4. The molecule has 0 aromatic heterocycles. The summed E-state index contributed by atoms with van der Waals surface area (Å²) in [6.45, 7) is 4.37. The van der Waals surface area contributed by atoms with Crippen LogP contribution >= 0.6 is 0 Å². The number of carboxylic acid groups (broad SMARTS) is 1. The van der Waals surface area contributed by atoms with Gasteiger partial charge in [-0.2, -0.15) is 0 Å². The lowest BCUT2D eigenvalue weighted by Crippen LogP contribution is -2.31. The molecular formula is C8H15NO3. The minimum atomic E-state index is -0.864. The lowest BCUT2D eigenvalue weighted by Gasteiger charge is -2.18. The zero-order chi connectivity index (χ0) is 9.56. The molecular weight excluding hydrogens is 158 g/mol. The highest BCUT2D eigenvalue weighted by molar-refractivity contribution is 5.74. The van der Waals surface area contributed by atoms with Gasteiger partial charge in [0.25, 0.3) is 0 Å². The normalized spacial score (nSPS) is 9.50. The second kappa shape index (κ2) is 5.57. The van der Waals surface area contributed by atoms with Crippen LogP contribution < -0.4 is 0 Å². The number of carbonyl (C=O) groups is 2. The van der Waals surface area contributed by atoms with E-state index < -0.39 is 5.97 Å². The van der Waals surface area contributed by atoms with Crippen LogP contribution in [-0.2, 0) is 9.59 Å². The molecule has 0 bridgehead atoms. The van der Waals surface area contributed by atoms with Crippen molar-refractivity contribution in [2.75, 3.05) is 13.1 Å². The molecule has 70 valence electrons. The molecule has 0 fully saturated rings. The van der Waals surface area contributed by atoms with Crippen LogP contribution in [0.2, 0.25) is 0 Å². The standard InChI is InChI=1S/C8H15NO3/c1-3-5-9(7(2)10)6-4-8(11)12/h3-6H2,1-2H3,(H,11,12). The SMILES string of the molecule is CCCN(CCC(=O)O)C(C)=O. The van der Waals surface area contributed by atoms with Crippen LogP contribution in [0.3, 0.4) is 0 Å². The van der Waals surface area contributed by atoms with Gasteiger partial charge in [0.2, 0.25) is 5.91 Å². The second-order valence-corrected chi connectivity index (χ2v) is 2.65. The van der Waals surface area contributed by atoms with Crippen LogP contribution in [-0.4, -0.2) is 35.0 Å². The predicted molar refractivity (Wildman–Crippen MR) is 44.8 cm³/mol. The molecule has 1 N–H and O–H groups in total. The fourth-order valence-corrected chi connectivity index (χ4v) is 0.927. The summed E-state index contributed by atoms with van der Waals surface area (Å²) < 4.78 is 0. The van der Waals surface area contributed by atoms with Crippen molar-refractivity contribution in [3.63, 3.8) is 0 Å². The van der Waals surface area contributed by atoms with Gasteiger partial charge in [0.05, 0.1) is 6.42 Å². The summed E-state index contributed by atoms with van der Waals surface area (Å²) in [6.07, 6.45) is 0.888. The van der Waals surface area contributed by atoms with Gasteiger partial charge in [-0.05, 0) is 6.42 Å². The Bertz CT molecular complexity index is 168. The first-order valence-electron chi connectivity index (χ1n) is 4.05. The van der Waals surface area contributed by atoms with E-state index in [4.69, 9.17) is 5.11 Å². The van der Waals surface area contributed by atoms with Crippen molar-refractivity contribution in [1.29, 1.82) is 0 Å². The molecule has 12 heavy (non-hydrogen) atoms. The van der Waals surface area contributed by atoms with Gasteiger partial charge in [-0.15, -0.1) is 0 Å². The Kier molecular flexibility index (Phi) is 5.08. The number of hydrogen-bond acceptors (Lipinski definition) is 2. The zero-order valence-electron chi connectivity index (χ0n) is 7.54. The van der Waals surface area contributed by atoms with Crippen molar-refractivity contribution >= 4 is 11.9 Å². The number of rotatable bonds is 5. The van der Waals surface area contributed by atoms with Gasteiger partial charge in [-0.3, -0.25) is 9.59 Å². The fraction of sp³-hybridized carbons (Fsp3) is 0.750. The molecule has 0 aromatic carbocycles. The van der Waals surface area contributed by atoms with Crippen molar-refractivity contribution in [2.24, 2.45) is 0 Å². The monoisotopic (exact) mass is 173 g/mol. The maximum atomic E-state index is 10.9. The fourth-order valence-electron chi connectivity index (χ4n) is 0.927. The van der Waals surface area contributed by atoms with Gasteiger partial charge >= 0.3 is 5.97 Å². The smallest absolute Gasteiger partial charge is 0.305 e. The highest BCUT2D eigenvalue weighted by Crippen LogP contribution is 1.94. The first kappa shape index (κ1) is 10.9. The Morgan fingerprint density at radius 1 is 1.33 bits per heavy atom. The molecule has 0 radical (unpaired) electrons. The summed E-state index contributed by atoms with van der Waals surface area (Å²) >= 11 is 0. The van der Waals surface area contributed by atoms with Crippen LogP contribution in [0.4, 0.5) is 0 Å². The molecule has 0 heterocycles. The maximum absolute atomic E-state index is 10.9. The van der Waals surface area contributed by atoms with E-state index in [-0.39, 0.29) is 12.3 Å². The largest absolute Gasteiger partial charge is 0.481 e. The van der Waals surface area contributed by atoms with Gasteiger partial charge in [-0.25, -0.2) is 0 Å². The molecule has 0 saturated carbocycles. The van der Waals surface area contributed by atoms with Crippen molar-refractivity contribution < 1.29 is 14.7 Å².